The van der Waals surface area contributed by atoms with E-state index in [0.29, 0.717) is 6.04 Å². The average Bonchev–Trinajstić information content (AvgIpc) is 2.75. The molecule has 0 bridgehead atoms. The molecule has 0 amide bonds. The van der Waals surface area contributed by atoms with Gasteiger partial charge in [0.15, 0.2) is 0 Å². The largest absolute Gasteiger partial charge is 0.381 e. The number of hydrogen-bond donors (Lipinski definition) is 1. The molecule has 0 saturated carbocycles. The minimum Gasteiger partial charge on any atom is -0.381 e. The highest BCUT2D eigenvalue weighted by molar-refractivity contribution is 5.53. The van der Waals surface area contributed by atoms with Gasteiger partial charge in [0.1, 0.15) is 0 Å². The summed E-state index contributed by atoms with van der Waals surface area (Å²) in [6.07, 6.45) is 2.28. The van der Waals surface area contributed by atoms with Crippen LogP contribution in [-0.2, 0) is 12.8 Å². The number of hydrogen-bond acceptors (Lipinski definition) is 1. The van der Waals surface area contributed by atoms with E-state index in [1.54, 1.807) is 0 Å². The second kappa shape index (κ2) is 4.49. The zero-order valence-corrected chi connectivity index (χ0v) is 11.0. The van der Waals surface area contributed by atoms with E-state index in [9.17, 15) is 0 Å². The van der Waals surface area contributed by atoms with E-state index in [-0.39, 0.29) is 0 Å². The van der Waals surface area contributed by atoms with Crippen molar-refractivity contribution < 1.29 is 0 Å². The molecule has 18 heavy (non-hydrogen) atoms. The van der Waals surface area contributed by atoms with E-state index in [4.69, 9.17) is 0 Å². The predicted octanol–water partition coefficient (Wildman–Crippen LogP) is 3.88. The van der Waals surface area contributed by atoms with Crippen LogP contribution in [0.3, 0.4) is 0 Å². The lowest BCUT2D eigenvalue weighted by Crippen LogP contribution is -2.20. The monoisotopic (exact) mass is 237 g/mol. The van der Waals surface area contributed by atoms with Crippen LogP contribution < -0.4 is 5.32 Å². The topological polar surface area (TPSA) is 12.0 Å². The third kappa shape index (κ3) is 2.13. The first-order valence-electron chi connectivity index (χ1n) is 6.63. The molecule has 0 saturated heterocycles. The van der Waals surface area contributed by atoms with Gasteiger partial charge in [0.2, 0.25) is 0 Å². The Morgan fingerprint density at radius 2 is 1.61 bits per heavy atom. The number of benzene rings is 2. The van der Waals surface area contributed by atoms with E-state index in [1.807, 2.05) is 0 Å². The van der Waals surface area contributed by atoms with Crippen molar-refractivity contribution in [3.05, 3.63) is 64.7 Å². The molecule has 1 N–H and O–H groups in total. The SMILES string of the molecule is Cc1ccc(NC2Cc3ccccc3C2)c(C)c1. The summed E-state index contributed by atoms with van der Waals surface area (Å²) in [4.78, 5) is 0. The fourth-order valence-corrected chi connectivity index (χ4v) is 2.86. The minimum atomic E-state index is 0.545. The standard InChI is InChI=1S/C17H19N/c1-12-7-8-17(13(2)9-12)18-16-10-14-5-3-4-6-15(14)11-16/h3-9,16,18H,10-11H2,1-2H3. The third-order valence-electron chi connectivity index (χ3n) is 3.79. The lowest BCUT2D eigenvalue weighted by Gasteiger charge is -2.16. The van der Waals surface area contributed by atoms with Gasteiger partial charge in [0, 0.05) is 11.7 Å². The summed E-state index contributed by atoms with van der Waals surface area (Å²) in [6, 6.07) is 15.9. The Morgan fingerprint density at radius 3 is 2.22 bits per heavy atom. The molecule has 0 spiro atoms. The molecule has 2 aromatic carbocycles. The number of aryl methyl sites for hydroxylation is 2. The Hall–Kier alpha value is -1.76. The van der Waals surface area contributed by atoms with Crippen LogP contribution in [0.15, 0.2) is 42.5 Å². The Balaban J connectivity index is 1.76. The van der Waals surface area contributed by atoms with Crippen molar-refractivity contribution in [1.82, 2.24) is 0 Å². The van der Waals surface area contributed by atoms with Gasteiger partial charge >= 0.3 is 0 Å². The lowest BCUT2D eigenvalue weighted by molar-refractivity contribution is 0.773. The highest BCUT2D eigenvalue weighted by Crippen LogP contribution is 2.25. The summed E-state index contributed by atoms with van der Waals surface area (Å²) in [6.45, 7) is 4.32. The summed E-state index contributed by atoms with van der Waals surface area (Å²) in [5.74, 6) is 0. The van der Waals surface area contributed by atoms with Gasteiger partial charge in [0.25, 0.3) is 0 Å². The van der Waals surface area contributed by atoms with Gasteiger partial charge in [-0.2, -0.15) is 0 Å². The summed E-state index contributed by atoms with van der Waals surface area (Å²) >= 11 is 0. The number of anilines is 1. The molecule has 1 nitrogen and oxygen atoms in total. The van der Waals surface area contributed by atoms with Gasteiger partial charge < -0.3 is 5.32 Å². The molecule has 1 aliphatic rings. The molecular weight excluding hydrogens is 218 g/mol. The van der Waals surface area contributed by atoms with Crippen molar-refractivity contribution in [3.8, 4) is 0 Å². The van der Waals surface area contributed by atoms with Gasteiger partial charge in [-0.25, -0.2) is 0 Å². The Labute approximate surface area is 109 Å². The summed E-state index contributed by atoms with van der Waals surface area (Å²) in [5.41, 5.74) is 6.94. The van der Waals surface area contributed by atoms with Gasteiger partial charge in [-0.3, -0.25) is 0 Å². The smallest absolute Gasteiger partial charge is 0.0372 e. The Kier molecular flexibility index (Phi) is 2.83. The second-order valence-electron chi connectivity index (χ2n) is 5.34. The number of nitrogens with one attached hydrogen (secondary N) is 1. The molecule has 1 aliphatic carbocycles. The molecule has 3 rings (SSSR count). The molecule has 0 atom stereocenters. The molecule has 0 aromatic heterocycles. The van der Waals surface area contributed by atoms with Crippen LogP contribution in [0.1, 0.15) is 22.3 Å². The molecule has 1 heteroatoms. The molecule has 0 heterocycles. The first kappa shape index (κ1) is 11.3. The van der Waals surface area contributed by atoms with Crippen LogP contribution in [0.25, 0.3) is 0 Å². The molecule has 0 unspecified atom stereocenters. The fourth-order valence-electron chi connectivity index (χ4n) is 2.86. The van der Waals surface area contributed by atoms with Crippen LogP contribution in [0.5, 0.6) is 0 Å². The third-order valence-corrected chi connectivity index (χ3v) is 3.79. The van der Waals surface area contributed by atoms with Crippen LogP contribution in [0.2, 0.25) is 0 Å². The van der Waals surface area contributed by atoms with Gasteiger partial charge in [-0.05, 0) is 49.4 Å². The van der Waals surface area contributed by atoms with E-state index in [2.05, 4.69) is 61.6 Å². The summed E-state index contributed by atoms with van der Waals surface area (Å²) in [5, 5.41) is 3.68. The second-order valence-corrected chi connectivity index (χ2v) is 5.34. The van der Waals surface area contributed by atoms with Crippen molar-refractivity contribution in [2.45, 2.75) is 32.7 Å². The van der Waals surface area contributed by atoms with Crippen LogP contribution in [0, 0.1) is 13.8 Å². The van der Waals surface area contributed by atoms with Crippen molar-refractivity contribution in [1.29, 1.82) is 0 Å². The van der Waals surface area contributed by atoms with Crippen LogP contribution >= 0.6 is 0 Å². The van der Waals surface area contributed by atoms with Gasteiger partial charge in [-0.1, -0.05) is 42.0 Å². The van der Waals surface area contributed by atoms with Crippen molar-refractivity contribution in [2.75, 3.05) is 5.32 Å². The maximum absolute atomic E-state index is 3.68. The molecule has 0 radical (unpaired) electrons. The van der Waals surface area contributed by atoms with Gasteiger partial charge in [-0.15, -0.1) is 0 Å². The zero-order valence-electron chi connectivity index (χ0n) is 11.0. The molecule has 0 aliphatic heterocycles. The van der Waals surface area contributed by atoms with E-state index >= 15 is 0 Å². The van der Waals surface area contributed by atoms with Crippen molar-refractivity contribution in [3.63, 3.8) is 0 Å². The van der Waals surface area contributed by atoms with Crippen LogP contribution in [0.4, 0.5) is 5.69 Å². The minimum absolute atomic E-state index is 0.545. The van der Waals surface area contributed by atoms with Crippen molar-refractivity contribution >= 4 is 5.69 Å². The normalized spacial score (nSPS) is 14.6. The van der Waals surface area contributed by atoms with E-state index in [1.165, 1.54) is 27.9 Å². The fraction of sp³-hybridized carbons (Fsp3) is 0.294. The zero-order chi connectivity index (χ0) is 12.5. The highest BCUT2D eigenvalue weighted by Gasteiger charge is 2.20. The molecule has 92 valence electrons. The molecular formula is C17H19N. The number of fused-ring (bicyclic) bond motifs is 1. The van der Waals surface area contributed by atoms with Crippen LogP contribution in [-0.4, -0.2) is 6.04 Å². The first-order chi connectivity index (χ1) is 8.72. The predicted molar refractivity (Wildman–Crippen MR) is 77.2 cm³/mol. The molecule has 0 fully saturated rings. The lowest BCUT2D eigenvalue weighted by atomic mass is 10.1. The van der Waals surface area contributed by atoms with Crippen molar-refractivity contribution in [2.24, 2.45) is 0 Å². The average molecular weight is 237 g/mol. The maximum Gasteiger partial charge on any atom is 0.0372 e. The highest BCUT2D eigenvalue weighted by atomic mass is 14.9. The maximum atomic E-state index is 3.68. The summed E-state index contributed by atoms with van der Waals surface area (Å²) < 4.78 is 0. The van der Waals surface area contributed by atoms with Gasteiger partial charge in [0.05, 0.1) is 0 Å². The van der Waals surface area contributed by atoms with E-state index < -0.39 is 0 Å². The quantitative estimate of drug-likeness (QED) is 0.835. The molecule has 2 aromatic rings. The van der Waals surface area contributed by atoms with E-state index in [0.717, 1.165) is 12.8 Å². The Bertz CT molecular complexity index is 547. The summed E-state index contributed by atoms with van der Waals surface area (Å²) in [7, 11) is 0. The Morgan fingerprint density at radius 1 is 0.944 bits per heavy atom. The number of rotatable bonds is 2. The first-order valence-corrected chi connectivity index (χ1v) is 6.63.